The Morgan fingerprint density at radius 1 is 0.701 bits per heavy atom. The van der Waals surface area contributed by atoms with E-state index in [1.807, 2.05) is 62.4 Å². The lowest BCUT2D eigenvalue weighted by Gasteiger charge is -2.63. The number of halogens is 2. The SMILES string of the molecule is C=C1C=C[C@@]2(C)C(=C1)[C@@H](F)C[C@H]1[C@@H]3C[C@H]4OC(CCC)O[C@@]4(C(=O)COc4ccc(NC(=O)[C@H](C)CC(=O)[C@@H](NC(=O)[C@@H](CCCCNC(=O)COC5CCCCCC6=C5NNN6[C@H]5O[C@H](CO)[C@@H](O[C@H]6O[C@H](CO)[C@@H](O)[C@H](O)[C@H]6O)[C@H](O)[C@H]5O)NC(=O)CCOCCOCCOCCOCCNC(=O)CCC(=O)N5Cc6ccccc6C#Cc6ccccc65)C(C)C)cc4)[C@@]3(C)C[C@H](O)[C@@]12F. The molecule has 6 amide bonds. The third-order valence-corrected chi connectivity index (χ3v) is 28.3. The average Bonchev–Trinajstić information content (AvgIpc) is 1.52. The molecule has 24 atom stereocenters. The third kappa shape index (κ3) is 24.0. The maximum Gasteiger partial charge on any atom is 0.246 e. The lowest BCUT2D eigenvalue weighted by atomic mass is 9.44. The number of carbonyl (C=O) groups excluding carboxylic acids is 8. The zero-order valence-electron chi connectivity index (χ0n) is 78.6. The normalized spacial score (nSPS) is 30.9. The molecule has 36 nitrogen and oxygen atoms in total. The molecule has 5 aliphatic carbocycles. The summed E-state index contributed by atoms with van der Waals surface area (Å²) in [5.74, 6) is -0.0539. The molecular formula is C99H135F2N9O27. The number of ether oxygens (including phenoxy) is 11. The molecule has 5 heterocycles. The van der Waals surface area contributed by atoms with Crippen molar-refractivity contribution in [2.45, 2.75) is 273 Å². The predicted molar refractivity (Wildman–Crippen MR) is 490 cm³/mol. The van der Waals surface area contributed by atoms with Crippen LogP contribution in [0.1, 0.15) is 167 Å². The van der Waals surface area contributed by atoms with Gasteiger partial charge in [0.1, 0.15) is 86.1 Å². The number of hydrazine groups is 2. The predicted octanol–water partition coefficient (Wildman–Crippen LogP) is 4.09. The fourth-order valence-corrected chi connectivity index (χ4v) is 20.8. The first-order valence-electron chi connectivity index (χ1n) is 48.0. The maximum atomic E-state index is 18.2. The number of rotatable bonds is 46. The molecule has 15 N–H and O–H groups in total. The highest BCUT2D eigenvalue weighted by molar-refractivity contribution is 5.99. The Balaban J connectivity index is 0.561. The summed E-state index contributed by atoms with van der Waals surface area (Å²) in [6.45, 7) is 14.1. The van der Waals surface area contributed by atoms with E-state index >= 15 is 13.6 Å². The van der Waals surface area contributed by atoms with Gasteiger partial charge in [-0.3, -0.25) is 43.4 Å². The third-order valence-electron chi connectivity index (χ3n) is 28.3. The van der Waals surface area contributed by atoms with Crippen molar-refractivity contribution in [2.75, 3.05) is 103 Å². The largest absolute Gasteiger partial charge is 0.486 e. The van der Waals surface area contributed by atoms with Crippen LogP contribution < -0.4 is 47.2 Å². The summed E-state index contributed by atoms with van der Waals surface area (Å²) < 4.78 is 100. The number of allylic oxidation sites excluding steroid dienone is 6. The number of fused-ring (bicyclic) bond motifs is 9. The molecule has 0 spiro atoms. The first kappa shape index (κ1) is 105. The lowest BCUT2D eigenvalue weighted by Crippen LogP contribution is -2.70. The van der Waals surface area contributed by atoms with E-state index in [1.165, 1.54) is 5.01 Å². The minimum atomic E-state index is -2.28. The molecule has 0 bridgehead atoms. The molecule has 5 aliphatic heterocycles. The number of para-hydroxylation sites is 1. The molecule has 2 unspecified atom stereocenters. The van der Waals surface area contributed by atoms with Crippen LogP contribution in [-0.4, -0.2) is 301 Å². The second-order valence-electron chi connectivity index (χ2n) is 37.8. The van der Waals surface area contributed by atoms with Gasteiger partial charge in [0.15, 0.2) is 35.9 Å². The van der Waals surface area contributed by atoms with E-state index in [0.29, 0.717) is 73.4 Å². The van der Waals surface area contributed by atoms with E-state index in [-0.39, 0.29) is 147 Å². The van der Waals surface area contributed by atoms with Gasteiger partial charge >= 0.3 is 0 Å². The van der Waals surface area contributed by atoms with Crippen LogP contribution >= 0.6 is 0 Å². The molecular weight excluding hydrogens is 1790 g/mol. The second kappa shape index (κ2) is 47.9. The van der Waals surface area contributed by atoms with Gasteiger partial charge in [-0.2, -0.15) is 0 Å². The van der Waals surface area contributed by atoms with Gasteiger partial charge in [0.2, 0.25) is 41.2 Å². The van der Waals surface area contributed by atoms with Crippen LogP contribution in [0, 0.1) is 46.3 Å². The highest BCUT2D eigenvalue weighted by Gasteiger charge is 2.80. The maximum absolute atomic E-state index is 18.2. The van der Waals surface area contributed by atoms with Gasteiger partial charge in [0.25, 0.3) is 0 Å². The Hall–Kier alpha value is -9.16. The fraction of sp³-hybridized carbons (Fsp3) is 0.636. The standard InChI is InChI=1S/C99H135F2N9O27/c1-8-18-83-135-78-50-65-66-49-68(100)67-47-58(4)34-36-96(67,6)98(66,101)76(114)51-97(65,7)99(78,137-83)77(115)55-131-64-30-28-63(29-31-64)104-92(125)59(5)48-72(113)84(57(2)3)106-93(126)69(105-80(117)35-39-127-41-43-129-45-46-130-44-42-128-40-38-103-79(116)32-33-82(119)109-52-62-21-13-12-19-60(62)26-27-61-20-14-15-23-70(61)109)22-16-17-37-102-81(118)56-132-73-25-11-9-10-24-71-85(73)107-108-110(71)94-89(123)88(122)91(75(54-112)133-94)136-95-90(124)87(121)86(120)74(53-111)134-95/h12-15,19-21,23,28-31,34,36,47,57,59,65-66,68-69,73-76,78,83-84,86-91,94-95,107-108,111-112,114,120-124H,4,8-11,16-18,22,24-25,32-33,35,37-46,48-56H2,1-3,5-7H3,(H,102,118)(H,103,116)(H,104,125)(H,105,117)(H,106,126)/t59-,65+,66+,68+,69-,73?,74-,75-,76+,78-,83?,84+,86-,87+,88-,89-,90-,91-,94+,95-,96+,97+,98+,99-/m1/s1. The Kier molecular flexibility index (Phi) is 36.8. The second-order valence-corrected chi connectivity index (χ2v) is 37.8. The smallest absolute Gasteiger partial charge is 0.246 e. The first-order chi connectivity index (χ1) is 65.8. The van der Waals surface area contributed by atoms with Gasteiger partial charge in [0.05, 0.1) is 108 Å². The van der Waals surface area contributed by atoms with Gasteiger partial charge in [-0.15, -0.1) is 5.53 Å². The molecule has 3 saturated carbocycles. The number of carbonyl (C=O) groups is 8. The molecule has 752 valence electrons. The monoisotopic (exact) mass is 1920 g/mol. The van der Waals surface area contributed by atoms with Gasteiger partial charge < -0.3 is 130 Å². The molecule has 10 aliphatic rings. The van der Waals surface area contributed by atoms with Crippen molar-refractivity contribution in [2.24, 2.45) is 34.5 Å². The fourth-order valence-electron chi connectivity index (χ4n) is 20.8. The molecule has 0 radical (unpaired) electrons. The topological polar surface area (TPSA) is 491 Å². The summed E-state index contributed by atoms with van der Waals surface area (Å²) in [5, 5.41) is 102. The van der Waals surface area contributed by atoms with Crippen LogP contribution in [0.4, 0.5) is 20.2 Å². The van der Waals surface area contributed by atoms with Crippen LogP contribution in [0.5, 0.6) is 5.75 Å². The highest BCUT2D eigenvalue weighted by Crippen LogP contribution is 2.72. The Morgan fingerprint density at radius 2 is 1.39 bits per heavy atom. The molecule has 3 aromatic rings. The Morgan fingerprint density at radius 3 is 2.12 bits per heavy atom. The van der Waals surface area contributed by atoms with Gasteiger partial charge in [0, 0.05) is 78.3 Å². The number of Topliss-reactive ketones (excluding diaryl/α,β-unsaturated/α-hetero) is 2. The minimum Gasteiger partial charge on any atom is -0.486 e. The summed E-state index contributed by atoms with van der Waals surface area (Å²) >= 11 is 0. The number of aliphatic hydroxyl groups excluding tert-OH is 8. The van der Waals surface area contributed by atoms with E-state index in [0.717, 1.165) is 29.5 Å². The molecule has 0 aromatic heterocycles. The van der Waals surface area contributed by atoms with Crippen LogP contribution in [-0.2, 0) is 92.3 Å². The quantitative estimate of drug-likeness (QED) is 0.0280. The summed E-state index contributed by atoms with van der Waals surface area (Å²) in [4.78, 5) is 113. The first-order valence-corrected chi connectivity index (χ1v) is 48.0. The highest BCUT2D eigenvalue weighted by atomic mass is 19.1. The van der Waals surface area contributed by atoms with Crippen molar-refractivity contribution in [3.05, 3.63) is 137 Å². The van der Waals surface area contributed by atoms with Crippen molar-refractivity contribution in [3.8, 4) is 17.6 Å². The lowest BCUT2D eigenvalue weighted by molar-refractivity contribution is -0.349. The molecule has 3 aromatic carbocycles. The number of amides is 6. The van der Waals surface area contributed by atoms with E-state index in [9.17, 15) is 74.4 Å². The Labute approximate surface area is 796 Å². The number of nitrogens with one attached hydrogen (secondary N) is 7. The van der Waals surface area contributed by atoms with Gasteiger partial charge in [-0.1, -0.05) is 121 Å². The molecule has 137 heavy (non-hydrogen) atoms. The molecule has 38 heteroatoms. The van der Waals surface area contributed by atoms with Gasteiger partial charge in [-0.25, -0.2) is 8.78 Å². The summed E-state index contributed by atoms with van der Waals surface area (Å²) in [6.07, 6.45) is -12.6. The molecule has 6 fully saturated rings. The van der Waals surface area contributed by atoms with Crippen molar-refractivity contribution in [1.29, 1.82) is 0 Å². The van der Waals surface area contributed by atoms with Crippen molar-refractivity contribution in [3.63, 3.8) is 0 Å². The van der Waals surface area contributed by atoms with E-state index in [1.54, 1.807) is 75.1 Å². The number of nitrogens with zero attached hydrogens (tertiary/aromatic N) is 2. The zero-order chi connectivity index (χ0) is 98.0. The van der Waals surface area contributed by atoms with Crippen molar-refractivity contribution >= 4 is 58.4 Å². The van der Waals surface area contributed by atoms with E-state index in [4.69, 9.17) is 52.1 Å². The number of benzene rings is 3. The van der Waals surface area contributed by atoms with E-state index < -0.39 is 212 Å². The number of unbranched alkanes of at least 4 members (excludes halogenated alkanes) is 1. The number of ketones is 2. The van der Waals surface area contributed by atoms with E-state index in [2.05, 4.69) is 56.0 Å². The van der Waals surface area contributed by atoms with Crippen molar-refractivity contribution in [1.82, 2.24) is 37.2 Å². The number of hydrogen-bond donors (Lipinski definition) is 15. The zero-order valence-corrected chi connectivity index (χ0v) is 78.6. The number of aliphatic hydroxyl groups is 8. The summed E-state index contributed by atoms with van der Waals surface area (Å²) in [6, 6.07) is 19.0. The number of hydrogen-bond acceptors (Lipinski definition) is 30. The number of alkyl halides is 2. The summed E-state index contributed by atoms with van der Waals surface area (Å²) in [7, 11) is 0. The Bertz CT molecular complexity index is 4860. The summed E-state index contributed by atoms with van der Waals surface area (Å²) in [5.41, 5.74) is 4.79. The molecule has 13 rings (SSSR count). The van der Waals surface area contributed by atoms with Crippen LogP contribution in [0.2, 0.25) is 0 Å². The van der Waals surface area contributed by atoms with Crippen molar-refractivity contribution < 1.29 is 140 Å². The van der Waals surface area contributed by atoms with Gasteiger partial charge in [-0.05, 0) is 142 Å². The van der Waals surface area contributed by atoms with Crippen LogP contribution in [0.25, 0.3) is 0 Å². The van der Waals surface area contributed by atoms with Crippen LogP contribution in [0.15, 0.2) is 120 Å². The van der Waals surface area contributed by atoms with Crippen LogP contribution in [0.3, 0.4) is 0 Å². The number of anilines is 2. The average molecular weight is 1920 g/mol. The minimum absolute atomic E-state index is 0.00303. The molecule has 3 saturated heterocycles.